The average Bonchev–Trinajstić information content (AvgIpc) is 2.95. The summed E-state index contributed by atoms with van der Waals surface area (Å²) in [5, 5.41) is 4.33. The second-order valence-corrected chi connectivity index (χ2v) is 5.70. The van der Waals surface area contributed by atoms with Gasteiger partial charge in [0.15, 0.2) is 0 Å². The number of hydrogen-bond donors (Lipinski definition) is 0. The third-order valence-electron chi connectivity index (χ3n) is 2.34. The van der Waals surface area contributed by atoms with Crippen molar-refractivity contribution in [3.63, 3.8) is 0 Å². The first-order valence-corrected chi connectivity index (χ1v) is 7.09. The highest BCUT2D eigenvalue weighted by molar-refractivity contribution is 7.22. The van der Waals surface area contributed by atoms with Crippen LogP contribution >= 0.6 is 34.3 Å². The number of nitrogens with zero attached hydrogens (tertiary/aromatic N) is 1. The van der Waals surface area contributed by atoms with Gasteiger partial charge in [0.1, 0.15) is 5.01 Å². The Hall–Kier alpha value is -0.900. The van der Waals surface area contributed by atoms with E-state index in [2.05, 4.69) is 40.7 Å². The average molecular weight is 266 g/mol. The summed E-state index contributed by atoms with van der Waals surface area (Å²) in [6.45, 7) is 0. The number of aromatic nitrogens is 1. The number of alkyl halides is 1. The Labute approximate surface area is 106 Å². The molecule has 1 nitrogen and oxygen atoms in total. The van der Waals surface area contributed by atoms with Crippen molar-refractivity contribution >= 4 is 44.4 Å². The smallest absolute Gasteiger partial charge is 0.108 e. The van der Waals surface area contributed by atoms with Gasteiger partial charge in [0.2, 0.25) is 0 Å². The fourth-order valence-electron chi connectivity index (χ4n) is 1.59. The Morgan fingerprint density at radius 3 is 2.88 bits per heavy atom. The minimum Gasteiger partial charge on any atom is -0.239 e. The summed E-state index contributed by atoms with van der Waals surface area (Å²) in [5.74, 6) is 0.496. The number of halogens is 1. The number of benzene rings is 1. The third-order valence-corrected chi connectivity index (χ3v) is 4.74. The molecule has 80 valence electrons. The largest absolute Gasteiger partial charge is 0.239 e. The minimum atomic E-state index is 0.496. The first-order valence-electron chi connectivity index (χ1n) is 4.86. The normalized spacial score (nSPS) is 11.1. The quantitative estimate of drug-likeness (QED) is 0.609. The van der Waals surface area contributed by atoms with E-state index in [0.29, 0.717) is 5.88 Å². The maximum Gasteiger partial charge on any atom is 0.108 e. The van der Waals surface area contributed by atoms with Gasteiger partial charge in [-0.2, -0.15) is 0 Å². The number of hydrogen-bond acceptors (Lipinski definition) is 3. The molecule has 4 heteroatoms. The summed E-state index contributed by atoms with van der Waals surface area (Å²) in [7, 11) is 0. The van der Waals surface area contributed by atoms with Crippen molar-refractivity contribution in [2.45, 2.75) is 5.88 Å². The highest BCUT2D eigenvalue weighted by Crippen LogP contribution is 2.33. The number of thiazole rings is 1. The van der Waals surface area contributed by atoms with Crippen LogP contribution in [0.15, 0.2) is 35.7 Å². The van der Waals surface area contributed by atoms with Gasteiger partial charge in [-0.3, -0.25) is 0 Å². The molecule has 0 fully saturated rings. The number of fused-ring (bicyclic) bond motifs is 1. The second kappa shape index (κ2) is 4.17. The molecule has 0 spiro atoms. The molecule has 16 heavy (non-hydrogen) atoms. The Kier molecular flexibility index (Phi) is 2.67. The van der Waals surface area contributed by atoms with E-state index < -0.39 is 0 Å². The molecule has 0 saturated carbocycles. The van der Waals surface area contributed by atoms with Crippen LogP contribution in [0.1, 0.15) is 5.01 Å². The molecule has 0 bridgehead atoms. The van der Waals surface area contributed by atoms with Gasteiger partial charge in [0, 0.05) is 10.1 Å². The van der Waals surface area contributed by atoms with Crippen LogP contribution in [-0.4, -0.2) is 4.98 Å². The molecular weight excluding hydrogens is 258 g/mol. The Morgan fingerprint density at radius 1 is 1.25 bits per heavy atom. The fourth-order valence-corrected chi connectivity index (χ4v) is 3.58. The summed E-state index contributed by atoms with van der Waals surface area (Å²) in [4.78, 5) is 5.71. The molecule has 0 atom stereocenters. The standard InChI is InChI=1S/C12H8ClNS2/c13-6-12-14-9(7-15-12)11-5-8-3-1-2-4-10(8)16-11/h1-5,7H,6H2. The van der Waals surface area contributed by atoms with Gasteiger partial charge in [-0.1, -0.05) is 18.2 Å². The van der Waals surface area contributed by atoms with Crippen LogP contribution in [0.3, 0.4) is 0 Å². The molecule has 3 aromatic rings. The summed E-state index contributed by atoms with van der Waals surface area (Å²) < 4.78 is 1.30. The summed E-state index contributed by atoms with van der Waals surface area (Å²) >= 11 is 9.15. The summed E-state index contributed by atoms with van der Waals surface area (Å²) in [6.07, 6.45) is 0. The highest BCUT2D eigenvalue weighted by atomic mass is 35.5. The summed E-state index contributed by atoms with van der Waals surface area (Å²) in [6, 6.07) is 10.6. The van der Waals surface area contributed by atoms with E-state index >= 15 is 0 Å². The zero-order valence-corrected chi connectivity index (χ0v) is 10.7. The predicted octanol–water partition coefficient (Wildman–Crippen LogP) is 4.76. The molecule has 0 aliphatic carbocycles. The SMILES string of the molecule is ClCc1nc(-c2cc3ccccc3s2)cs1. The van der Waals surface area contributed by atoms with Gasteiger partial charge in [0.25, 0.3) is 0 Å². The molecule has 3 rings (SSSR count). The second-order valence-electron chi connectivity index (χ2n) is 3.41. The van der Waals surface area contributed by atoms with Crippen molar-refractivity contribution in [2.24, 2.45) is 0 Å². The van der Waals surface area contributed by atoms with Crippen LogP contribution in [0.4, 0.5) is 0 Å². The predicted molar refractivity (Wildman–Crippen MR) is 72.5 cm³/mol. The molecule has 2 heterocycles. The van der Waals surface area contributed by atoms with E-state index in [1.807, 2.05) is 0 Å². The van der Waals surface area contributed by atoms with Crippen molar-refractivity contribution in [1.82, 2.24) is 4.98 Å². The first-order chi connectivity index (χ1) is 7.86. The van der Waals surface area contributed by atoms with Crippen LogP contribution in [0.25, 0.3) is 20.7 Å². The maximum atomic E-state index is 5.76. The van der Waals surface area contributed by atoms with Crippen LogP contribution in [0.2, 0.25) is 0 Å². The Bertz CT molecular complexity index is 594. The molecule has 0 aliphatic rings. The molecule has 0 unspecified atom stereocenters. The fraction of sp³-hybridized carbons (Fsp3) is 0.0833. The maximum absolute atomic E-state index is 5.76. The van der Waals surface area contributed by atoms with Crippen molar-refractivity contribution in [3.8, 4) is 10.6 Å². The zero-order chi connectivity index (χ0) is 11.0. The van der Waals surface area contributed by atoms with Gasteiger partial charge in [-0.05, 0) is 17.5 Å². The van der Waals surface area contributed by atoms with Gasteiger partial charge in [-0.25, -0.2) is 4.98 Å². The lowest BCUT2D eigenvalue weighted by atomic mass is 10.2. The molecule has 0 N–H and O–H groups in total. The van der Waals surface area contributed by atoms with Crippen molar-refractivity contribution in [3.05, 3.63) is 40.7 Å². The van der Waals surface area contributed by atoms with Crippen molar-refractivity contribution in [2.75, 3.05) is 0 Å². The van der Waals surface area contributed by atoms with E-state index in [9.17, 15) is 0 Å². The minimum absolute atomic E-state index is 0.496. The van der Waals surface area contributed by atoms with Gasteiger partial charge < -0.3 is 0 Å². The van der Waals surface area contributed by atoms with Gasteiger partial charge >= 0.3 is 0 Å². The van der Waals surface area contributed by atoms with Crippen LogP contribution < -0.4 is 0 Å². The number of thiophene rings is 1. The van der Waals surface area contributed by atoms with E-state index in [4.69, 9.17) is 11.6 Å². The lowest BCUT2D eigenvalue weighted by Crippen LogP contribution is -1.74. The van der Waals surface area contributed by atoms with E-state index in [1.165, 1.54) is 15.0 Å². The van der Waals surface area contributed by atoms with Crippen LogP contribution in [0, 0.1) is 0 Å². The zero-order valence-electron chi connectivity index (χ0n) is 8.31. The van der Waals surface area contributed by atoms with E-state index in [-0.39, 0.29) is 0 Å². The molecular formula is C12H8ClNS2. The van der Waals surface area contributed by atoms with Gasteiger partial charge in [0.05, 0.1) is 16.5 Å². The highest BCUT2D eigenvalue weighted by Gasteiger charge is 2.07. The molecule has 1 aromatic carbocycles. The molecule has 0 saturated heterocycles. The van der Waals surface area contributed by atoms with Crippen molar-refractivity contribution < 1.29 is 0 Å². The molecule has 0 aliphatic heterocycles. The van der Waals surface area contributed by atoms with Gasteiger partial charge in [-0.15, -0.1) is 34.3 Å². The van der Waals surface area contributed by atoms with Crippen LogP contribution in [0.5, 0.6) is 0 Å². The molecule has 2 aromatic heterocycles. The monoisotopic (exact) mass is 265 g/mol. The molecule has 0 amide bonds. The lowest BCUT2D eigenvalue weighted by molar-refractivity contribution is 1.27. The topological polar surface area (TPSA) is 12.9 Å². The third kappa shape index (κ3) is 1.75. The van der Waals surface area contributed by atoms with E-state index in [0.717, 1.165) is 10.7 Å². The molecule has 0 radical (unpaired) electrons. The first kappa shape index (κ1) is 10.3. The summed E-state index contributed by atoms with van der Waals surface area (Å²) in [5.41, 5.74) is 1.04. The van der Waals surface area contributed by atoms with Crippen LogP contribution in [-0.2, 0) is 5.88 Å². The van der Waals surface area contributed by atoms with Crippen molar-refractivity contribution in [1.29, 1.82) is 0 Å². The lowest BCUT2D eigenvalue weighted by Gasteiger charge is -1.86. The Morgan fingerprint density at radius 2 is 2.12 bits per heavy atom. The number of rotatable bonds is 2. The Balaban J connectivity index is 2.11. The van der Waals surface area contributed by atoms with E-state index in [1.54, 1.807) is 22.7 Å².